The first kappa shape index (κ1) is 26.9. The third-order valence-corrected chi connectivity index (χ3v) is 6.08. The van der Waals surface area contributed by atoms with Gasteiger partial charge in [0.25, 0.3) is 0 Å². The minimum atomic E-state index is -1.15. The van der Waals surface area contributed by atoms with Crippen molar-refractivity contribution in [1.82, 2.24) is 35.5 Å². The molecule has 1 aliphatic heterocycles. The number of imidazole rings is 2. The molecule has 1 fully saturated rings. The van der Waals surface area contributed by atoms with E-state index in [1.54, 1.807) is 6.20 Å². The molecule has 7 N–H and O–H groups in total. The van der Waals surface area contributed by atoms with Gasteiger partial charge >= 0.3 is 5.97 Å². The maximum Gasteiger partial charge on any atom is 0.326 e. The molecule has 0 aliphatic carbocycles. The van der Waals surface area contributed by atoms with Crippen molar-refractivity contribution in [2.75, 3.05) is 6.54 Å². The molecule has 3 rings (SSSR count). The first-order valence-electron chi connectivity index (χ1n) is 12.0. The number of carbonyl (C=O) groups is 4. The van der Waals surface area contributed by atoms with Crippen molar-refractivity contribution < 1.29 is 24.3 Å². The molecule has 3 amide bonds. The molecule has 2 aromatic rings. The van der Waals surface area contributed by atoms with Crippen LogP contribution >= 0.6 is 0 Å². The van der Waals surface area contributed by atoms with Crippen molar-refractivity contribution in [2.45, 2.75) is 70.1 Å². The van der Waals surface area contributed by atoms with Crippen molar-refractivity contribution >= 4 is 23.7 Å². The molecule has 0 bridgehead atoms. The van der Waals surface area contributed by atoms with Crippen LogP contribution in [0.15, 0.2) is 25.0 Å². The van der Waals surface area contributed by atoms with Crippen LogP contribution in [0.1, 0.15) is 44.5 Å². The second kappa shape index (κ2) is 12.3. The summed E-state index contributed by atoms with van der Waals surface area (Å²) in [6.07, 6.45) is 7.67. The van der Waals surface area contributed by atoms with Gasteiger partial charge in [0.15, 0.2) is 0 Å². The largest absolute Gasteiger partial charge is 0.480 e. The van der Waals surface area contributed by atoms with Crippen LogP contribution < -0.4 is 16.4 Å². The van der Waals surface area contributed by atoms with Crippen LogP contribution in [0.3, 0.4) is 0 Å². The normalized spacial score (nSPS) is 18.0. The topological polar surface area (TPSA) is 199 Å². The molecule has 2 aromatic heterocycles. The van der Waals surface area contributed by atoms with E-state index >= 15 is 0 Å². The van der Waals surface area contributed by atoms with Gasteiger partial charge in [0, 0.05) is 43.2 Å². The monoisotopic (exact) mass is 502 g/mol. The molecule has 0 spiro atoms. The third kappa shape index (κ3) is 7.13. The molecule has 1 aliphatic rings. The number of H-pyrrole nitrogens is 2. The lowest BCUT2D eigenvalue weighted by Crippen LogP contribution is -2.57. The molecule has 0 aromatic carbocycles. The average molecular weight is 503 g/mol. The highest BCUT2D eigenvalue weighted by Crippen LogP contribution is 2.19. The second-order valence-electron chi connectivity index (χ2n) is 9.45. The Balaban J connectivity index is 1.70. The highest BCUT2D eigenvalue weighted by Gasteiger charge is 2.38. The van der Waals surface area contributed by atoms with E-state index in [4.69, 9.17) is 5.73 Å². The van der Waals surface area contributed by atoms with Crippen LogP contribution in [0.25, 0.3) is 0 Å². The highest BCUT2D eigenvalue weighted by atomic mass is 16.4. The smallest absolute Gasteiger partial charge is 0.326 e. The Hall–Kier alpha value is -3.74. The summed E-state index contributed by atoms with van der Waals surface area (Å²) in [5.74, 6) is -2.60. The SMILES string of the molecule is CC(C)CC(NC(=O)C(Cc1cnc[nH]1)NC(=O)C1CCCN1C(=O)C(N)Cc1cnc[nH]1)C(=O)O. The fourth-order valence-corrected chi connectivity index (χ4v) is 4.30. The first-order valence-corrected chi connectivity index (χ1v) is 12.0. The quantitative estimate of drug-likeness (QED) is 0.219. The molecule has 0 radical (unpaired) electrons. The van der Waals surface area contributed by atoms with Crippen LogP contribution in [0.5, 0.6) is 0 Å². The van der Waals surface area contributed by atoms with Gasteiger partial charge in [0.2, 0.25) is 17.7 Å². The van der Waals surface area contributed by atoms with Gasteiger partial charge in [-0.1, -0.05) is 13.8 Å². The van der Waals surface area contributed by atoms with Crippen LogP contribution in [0.2, 0.25) is 0 Å². The minimum Gasteiger partial charge on any atom is -0.480 e. The maximum atomic E-state index is 13.3. The third-order valence-electron chi connectivity index (χ3n) is 6.08. The molecular formula is C23H34N8O5. The Kier molecular flexibility index (Phi) is 9.17. The molecule has 1 saturated heterocycles. The number of rotatable bonds is 12. The molecule has 4 unspecified atom stereocenters. The predicted octanol–water partition coefficient (Wildman–Crippen LogP) is -0.663. The Bertz CT molecular complexity index is 1020. The summed E-state index contributed by atoms with van der Waals surface area (Å²) < 4.78 is 0. The van der Waals surface area contributed by atoms with Gasteiger partial charge in [-0.3, -0.25) is 14.4 Å². The number of nitrogens with zero attached hydrogens (tertiary/aromatic N) is 3. The Morgan fingerprint density at radius 1 is 1.08 bits per heavy atom. The predicted molar refractivity (Wildman–Crippen MR) is 128 cm³/mol. The number of aromatic amines is 2. The Morgan fingerprint density at radius 3 is 2.28 bits per heavy atom. The molecule has 13 nitrogen and oxygen atoms in total. The van der Waals surface area contributed by atoms with Crippen LogP contribution in [-0.4, -0.2) is 84.3 Å². The Morgan fingerprint density at radius 2 is 1.72 bits per heavy atom. The highest BCUT2D eigenvalue weighted by molar-refractivity contribution is 5.94. The molecule has 36 heavy (non-hydrogen) atoms. The number of amides is 3. The van der Waals surface area contributed by atoms with Gasteiger partial charge in [0.05, 0.1) is 18.7 Å². The van der Waals surface area contributed by atoms with Crippen molar-refractivity contribution in [1.29, 1.82) is 0 Å². The number of aliphatic carboxylic acids is 1. The lowest BCUT2D eigenvalue weighted by atomic mass is 10.0. The average Bonchev–Trinajstić information content (AvgIpc) is 3.59. The van der Waals surface area contributed by atoms with Crippen molar-refractivity contribution in [3.63, 3.8) is 0 Å². The van der Waals surface area contributed by atoms with E-state index in [0.29, 0.717) is 30.8 Å². The fraction of sp³-hybridized carbons (Fsp3) is 0.565. The van der Waals surface area contributed by atoms with E-state index < -0.39 is 42.0 Å². The zero-order valence-corrected chi connectivity index (χ0v) is 20.4. The first-order chi connectivity index (χ1) is 17.2. The second-order valence-corrected chi connectivity index (χ2v) is 9.45. The number of nitrogens with one attached hydrogen (secondary N) is 4. The fourth-order valence-electron chi connectivity index (χ4n) is 4.30. The summed E-state index contributed by atoms with van der Waals surface area (Å²) in [5.41, 5.74) is 7.41. The summed E-state index contributed by atoms with van der Waals surface area (Å²) in [7, 11) is 0. The number of carboxylic acids is 1. The lowest BCUT2D eigenvalue weighted by molar-refractivity contribution is -0.143. The number of carboxylic acid groups (broad SMARTS) is 1. The van der Waals surface area contributed by atoms with E-state index in [9.17, 15) is 24.3 Å². The molecule has 0 saturated carbocycles. The summed E-state index contributed by atoms with van der Waals surface area (Å²) in [6.45, 7) is 4.09. The molecule has 13 heteroatoms. The van der Waals surface area contributed by atoms with E-state index in [1.165, 1.54) is 23.8 Å². The van der Waals surface area contributed by atoms with Gasteiger partial charge < -0.3 is 36.3 Å². The Labute approximate surface area is 208 Å². The summed E-state index contributed by atoms with van der Waals surface area (Å²) in [4.78, 5) is 66.1. The number of nitrogens with two attached hydrogens (primary N) is 1. The maximum absolute atomic E-state index is 13.3. The minimum absolute atomic E-state index is 0.0380. The number of likely N-dealkylation sites (tertiary alicyclic amines) is 1. The zero-order valence-electron chi connectivity index (χ0n) is 20.4. The summed E-state index contributed by atoms with van der Waals surface area (Å²) in [5, 5.41) is 14.8. The van der Waals surface area contributed by atoms with Crippen molar-refractivity contribution in [3.8, 4) is 0 Å². The summed E-state index contributed by atoms with van der Waals surface area (Å²) in [6, 6.07) is -3.80. The van der Waals surface area contributed by atoms with Gasteiger partial charge in [-0.2, -0.15) is 0 Å². The van der Waals surface area contributed by atoms with Crippen LogP contribution in [-0.2, 0) is 32.0 Å². The molecule has 3 heterocycles. The number of hydrogen-bond acceptors (Lipinski definition) is 7. The van der Waals surface area contributed by atoms with Gasteiger partial charge in [0.1, 0.15) is 18.1 Å². The molecule has 196 valence electrons. The zero-order chi connectivity index (χ0) is 26.2. The lowest BCUT2D eigenvalue weighted by Gasteiger charge is -2.28. The summed E-state index contributed by atoms with van der Waals surface area (Å²) >= 11 is 0. The number of hydrogen-bond donors (Lipinski definition) is 6. The van der Waals surface area contributed by atoms with E-state index in [1.807, 2.05) is 13.8 Å². The van der Waals surface area contributed by atoms with Gasteiger partial charge in [-0.05, 0) is 25.2 Å². The van der Waals surface area contributed by atoms with Crippen LogP contribution in [0.4, 0.5) is 0 Å². The van der Waals surface area contributed by atoms with Gasteiger partial charge in [-0.25, -0.2) is 14.8 Å². The van der Waals surface area contributed by atoms with Crippen molar-refractivity contribution in [2.24, 2.45) is 11.7 Å². The van der Waals surface area contributed by atoms with E-state index in [2.05, 4.69) is 30.6 Å². The molecule has 4 atom stereocenters. The van der Waals surface area contributed by atoms with E-state index in [-0.39, 0.29) is 31.1 Å². The number of carbonyl (C=O) groups excluding carboxylic acids is 3. The number of aromatic nitrogens is 4. The standard InChI is InChI=1S/C23H34N8O5/c1-13(2)6-18(23(35)36)30-20(32)17(8-15-10-26-12-28-15)29-21(33)19-4-3-5-31(19)22(34)16(24)7-14-9-25-11-27-14/h9-13,16-19H,3-8,24H2,1-2H3,(H,25,27)(H,26,28)(H,29,33)(H,30,32)(H,35,36). The van der Waals surface area contributed by atoms with Crippen molar-refractivity contribution in [3.05, 3.63) is 36.4 Å². The van der Waals surface area contributed by atoms with Gasteiger partial charge in [-0.15, -0.1) is 0 Å². The van der Waals surface area contributed by atoms with E-state index in [0.717, 1.165) is 0 Å². The molecular weight excluding hydrogens is 468 g/mol. The van der Waals surface area contributed by atoms with Crippen LogP contribution in [0, 0.1) is 5.92 Å².